The summed E-state index contributed by atoms with van der Waals surface area (Å²) in [6.07, 6.45) is 0. The van der Waals surface area contributed by atoms with Gasteiger partial charge in [-0.05, 0) is 38.0 Å². The highest BCUT2D eigenvalue weighted by molar-refractivity contribution is 6.18. The van der Waals surface area contributed by atoms with E-state index in [0.29, 0.717) is 0 Å². The van der Waals surface area contributed by atoms with Crippen molar-refractivity contribution in [1.29, 1.82) is 0 Å². The van der Waals surface area contributed by atoms with Crippen molar-refractivity contribution in [1.82, 2.24) is 4.98 Å². The molecule has 0 aliphatic rings. The van der Waals surface area contributed by atoms with E-state index in [0.717, 1.165) is 38.9 Å². The van der Waals surface area contributed by atoms with Crippen LogP contribution >= 0.6 is 0 Å². The van der Waals surface area contributed by atoms with Crippen molar-refractivity contribution >= 4 is 16.7 Å². The summed E-state index contributed by atoms with van der Waals surface area (Å²) >= 11 is 0. The molecule has 0 radical (unpaired) electrons. The quantitative estimate of drug-likeness (QED) is 0.686. The van der Waals surface area contributed by atoms with Gasteiger partial charge in [-0.1, -0.05) is 36.4 Å². The van der Waals surface area contributed by atoms with Gasteiger partial charge in [0, 0.05) is 22.2 Å². The summed E-state index contributed by atoms with van der Waals surface area (Å²) in [5, 5.41) is 0.996. The van der Waals surface area contributed by atoms with Gasteiger partial charge >= 0.3 is 0 Å². The molecule has 100 valence electrons. The SMILES string of the molecule is Cc1cccc(C(=O)c2c(C)[nH]c3ccccc23)c1C. The number of fused-ring (bicyclic) bond motifs is 1. The number of H-pyrrole nitrogens is 1. The second-order valence-electron chi connectivity index (χ2n) is 5.25. The van der Waals surface area contributed by atoms with Crippen LogP contribution in [0.25, 0.3) is 10.9 Å². The van der Waals surface area contributed by atoms with Gasteiger partial charge < -0.3 is 4.98 Å². The van der Waals surface area contributed by atoms with E-state index >= 15 is 0 Å². The Hall–Kier alpha value is -2.35. The highest BCUT2D eigenvalue weighted by Gasteiger charge is 2.19. The summed E-state index contributed by atoms with van der Waals surface area (Å²) in [4.78, 5) is 16.2. The van der Waals surface area contributed by atoms with Crippen molar-refractivity contribution in [2.24, 2.45) is 0 Å². The third-order valence-electron chi connectivity index (χ3n) is 3.97. The van der Waals surface area contributed by atoms with Crippen LogP contribution in [0.5, 0.6) is 0 Å². The fraction of sp³-hybridized carbons (Fsp3) is 0.167. The summed E-state index contributed by atoms with van der Waals surface area (Å²) in [6, 6.07) is 13.8. The number of hydrogen-bond donors (Lipinski definition) is 1. The van der Waals surface area contributed by atoms with Crippen LogP contribution in [0.1, 0.15) is 32.7 Å². The Morgan fingerprint density at radius 2 is 1.70 bits per heavy atom. The van der Waals surface area contributed by atoms with Crippen LogP contribution in [-0.4, -0.2) is 10.8 Å². The minimum absolute atomic E-state index is 0.0983. The van der Waals surface area contributed by atoms with Gasteiger partial charge in [-0.3, -0.25) is 4.79 Å². The van der Waals surface area contributed by atoms with Crippen LogP contribution in [0.2, 0.25) is 0 Å². The van der Waals surface area contributed by atoms with Crippen LogP contribution in [0, 0.1) is 20.8 Å². The molecule has 0 fully saturated rings. The number of carbonyl (C=O) groups is 1. The first-order chi connectivity index (χ1) is 9.59. The molecule has 0 atom stereocenters. The van der Waals surface area contributed by atoms with Gasteiger partial charge in [-0.25, -0.2) is 0 Å². The molecule has 1 heterocycles. The van der Waals surface area contributed by atoms with Crippen LogP contribution in [0.3, 0.4) is 0 Å². The molecule has 0 bridgehead atoms. The molecular weight excluding hydrogens is 246 g/mol. The van der Waals surface area contributed by atoms with E-state index in [2.05, 4.69) is 4.98 Å². The molecule has 0 aliphatic heterocycles. The number of carbonyl (C=O) groups excluding carboxylic acids is 1. The number of benzene rings is 2. The predicted octanol–water partition coefficient (Wildman–Crippen LogP) is 4.32. The fourth-order valence-electron chi connectivity index (χ4n) is 2.70. The Bertz CT molecular complexity index is 811. The molecule has 0 saturated carbocycles. The zero-order valence-corrected chi connectivity index (χ0v) is 11.9. The van der Waals surface area contributed by atoms with Crippen LogP contribution in [0.4, 0.5) is 0 Å². The first-order valence-electron chi connectivity index (χ1n) is 6.78. The molecule has 20 heavy (non-hydrogen) atoms. The third kappa shape index (κ3) is 1.85. The lowest BCUT2D eigenvalue weighted by Crippen LogP contribution is -2.05. The molecule has 3 rings (SSSR count). The predicted molar refractivity (Wildman–Crippen MR) is 82.4 cm³/mol. The Labute approximate surface area is 118 Å². The minimum Gasteiger partial charge on any atom is -0.358 e. The number of ketones is 1. The molecule has 0 unspecified atom stereocenters. The summed E-state index contributed by atoms with van der Waals surface area (Å²) in [7, 11) is 0. The van der Waals surface area contributed by atoms with Crippen LogP contribution < -0.4 is 0 Å². The third-order valence-corrected chi connectivity index (χ3v) is 3.97. The van der Waals surface area contributed by atoms with Crippen molar-refractivity contribution in [2.75, 3.05) is 0 Å². The van der Waals surface area contributed by atoms with Crippen molar-refractivity contribution in [3.05, 3.63) is 70.4 Å². The first-order valence-corrected chi connectivity index (χ1v) is 6.78. The van der Waals surface area contributed by atoms with Crippen molar-refractivity contribution in [2.45, 2.75) is 20.8 Å². The summed E-state index contributed by atoms with van der Waals surface area (Å²) in [5.74, 6) is 0.0983. The zero-order valence-electron chi connectivity index (χ0n) is 11.9. The smallest absolute Gasteiger partial charge is 0.195 e. The topological polar surface area (TPSA) is 32.9 Å². The second-order valence-corrected chi connectivity index (χ2v) is 5.25. The fourth-order valence-corrected chi connectivity index (χ4v) is 2.70. The van der Waals surface area contributed by atoms with Crippen molar-refractivity contribution in [3.8, 4) is 0 Å². The van der Waals surface area contributed by atoms with Crippen molar-refractivity contribution in [3.63, 3.8) is 0 Å². The standard InChI is InChI=1S/C18H17NO/c1-11-7-6-9-14(12(11)2)18(20)17-13(3)19-16-10-5-4-8-15(16)17/h4-10,19H,1-3H3. The lowest BCUT2D eigenvalue weighted by Gasteiger charge is -2.08. The molecule has 3 aromatic rings. The Morgan fingerprint density at radius 1 is 0.950 bits per heavy atom. The second kappa shape index (κ2) is 4.64. The molecule has 2 nitrogen and oxygen atoms in total. The average molecular weight is 263 g/mol. The lowest BCUT2D eigenvalue weighted by molar-refractivity contribution is 0.103. The maximum Gasteiger partial charge on any atom is 0.195 e. The number of nitrogens with one attached hydrogen (secondary N) is 1. The van der Waals surface area contributed by atoms with Gasteiger partial charge in [0.1, 0.15) is 0 Å². The number of aryl methyl sites for hydroxylation is 2. The number of para-hydroxylation sites is 1. The van der Waals surface area contributed by atoms with E-state index in [1.165, 1.54) is 0 Å². The largest absolute Gasteiger partial charge is 0.358 e. The van der Waals surface area contributed by atoms with Gasteiger partial charge in [-0.15, -0.1) is 0 Å². The van der Waals surface area contributed by atoms with E-state index in [-0.39, 0.29) is 5.78 Å². The maximum atomic E-state index is 12.9. The van der Waals surface area contributed by atoms with E-state index in [9.17, 15) is 4.79 Å². The van der Waals surface area contributed by atoms with E-state index in [1.54, 1.807) is 0 Å². The van der Waals surface area contributed by atoms with Gasteiger partial charge in [-0.2, -0.15) is 0 Å². The number of aromatic amines is 1. The van der Waals surface area contributed by atoms with Gasteiger partial charge in [0.05, 0.1) is 5.56 Å². The molecule has 2 aromatic carbocycles. The summed E-state index contributed by atoms with van der Waals surface area (Å²) in [5.41, 5.74) is 5.72. The molecule has 0 spiro atoms. The zero-order chi connectivity index (χ0) is 14.3. The molecule has 0 aliphatic carbocycles. The Morgan fingerprint density at radius 3 is 2.50 bits per heavy atom. The van der Waals surface area contributed by atoms with E-state index in [4.69, 9.17) is 0 Å². The molecule has 2 heteroatoms. The Balaban J connectivity index is 2.23. The highest BCUT2D eigenvalue weighted by Crippen LogP contribution is 2.26. The Kier molecular flexibility index (Phi) is 2.94. The molecule has 0 amide bonds. The monoisotopic (exact) mass is 263 g/mol. The highest BCUT2D eigenvalue weighted by atomic mass is 16.1. The molecule has 1 N–H and O–H groups in total. The maximum absolute atomic E-state index is 12.9. The normalized spacial score (nSPS) is 10.9. The minimum atomic E-state index is 0.0983. The van der Waals surface area contributed by atoms with Crippen molar-refractivity contribution < 1.29 is 4.79 Å². The summed E-state index contributed by atoms with van der Waals surface area (Å²) in [6.45, 7) is 6.00. The number of hydrogen-bond acceptors (Lipinski definition) is 1. The van der Waals surface area contributed by atoms with Gasteiger partial charge in [0.15, 0.2) is 5.78 Å². The van der Waals surface area contributed by atoms with Gasteiger partial charge in [0.2, 0.25) is 0 Å². The molecule has 1 aromatic heterocycles. The summed E-state index contributed by atoms with van der Waals surface area (Å²) < 4.78 is 0. The number of rotatable bonds is 2. The van der Waals surface area contributed by atoms with Gasteiger partial charge in [0.25, 0.3) is 0 Å². The number of aromatic nitrogens is 1. The lowest BCUT2D eigenvalue weighted by atomic mass is 9.95. The van der Waals surface area contributed by atoms with Crippen LogP contribution in [0.15, 0.2) is 42.5 Å². The van der Waals surface area contributed by atoms with Crippen LogP contribution in [-0.2, 0) is 0 Å². The van der Waals surface area contributed by atoms with E-state index < -0.39 is 0 Å². The molecule has 0 saturated heterocycles. The molecular formula is C18H17NO. The first kappa shape index (κ1) is 12.7. The van der Waals surface area contributed by atoms with E-state index in [1.807, 2.05) is 63.2 Å². The average Bonchev–Trinajstić information content (AvgIpc) is 2.77.